The lowest BCUT2D eigenvalue weighted by atomic mass is 9.95. The third-order valence-corrected chi connectivity index (χ3v) is 5.08. The molecule has 1 atom stereocenters. The van der Waals surface area contributed by atoms with Crippen LogP contribution in [0.1, 0.15) is 50.3 Å². The molecule has 2 N–H and O–H groups in total. The Morgan fingerprint density at radius 2 is 1.80 bits per heavy atom. The molecule has 1 aliphatic rings. The van der Waals surface area contributed by atoms with Crippen molar-refractivity contribution < 1.29 is 24.5 Å². The van der Waals surface area contributed by atoms with Gasteiger partial charge in [-0.25, -0.2) is 0 Å². The summed E-state index contributed by atoms with van der Waals surface area (Å²) in [6, 6.07) is 12.5. The minimum absolute atomic E-state index is 0.0314. The molecule has 0 aliphatic carbocycles. The summed E-state index contributed by atoms with van der Waals surface area (Å²) in [7, 11) is 0. The SMILES string of the molecule is CCCCN1C(=O)C(=O)/C(=C(\O)c2ccc(OCCC)cc2)C1c1cccc(O)c1. The number of unbranched alkanes of at least 4 members (excludes halogenated alkanes) is 1. The molecule has 0 aromatic heterocycles. The van der Waals surface area contributed by atoms with Crippen molar-refractivity contribution in [2.75, 3.05) is 13.2 Å². The summed E-state index contributed by atoms with van der Waals surface area (Å²) in [5.41, 5.74) is 1.04. The number of rotatable bonds is 8. The van der Waals surface area contributed by atoms with Gasteiger partial charge in [0.05, 0.1) is 18.2 Å². The van der Waals surface area contributed by atoms with Gasteiger partial charge >= 0.3 is 0 Å². The van der Waals surface area contributed by atoms with Crippen LogP contribution in [0.15, 0.2) is 54.1 Å². The van der Waals surface area contributed by atoms with E-state index in [1.165, 1.54) is 17.0 Å². The van der Waals surface area contributed by atoms with Gasteiger partial charge in [-0.05, 0) is 54.8 Å². The summed E-state index contributed by atoms with van der Waals surface area (Å²) >= 11 is 0. The molecule has 30 heavy (non-hydrogen) atoms. The Morgan fingerprint density at radius 1 is 1.07 bits per heavy atom. The molecule has 1 aliphatic heterocycles. The maximum atomic E-state index is 12.9. The van der Waals surface area contributed by atoms with Crippen molar-refractivity contribution >= 4 is 17.4 Å². The summed E-state index contributed by atoms with van der Waals surface area (Å²) in [5.74, 6) is -0.889. The largest absolute Gasteiger partial charge is 0.508 e. The summed E-state index contributed by atoms with van der Waals surface area (Å²) in [6.45, 7) is 4.99. The van der Waals surface area contributed by atoms with E-state index in [1.54, 1.807) is 36.4 Å². The topological polar surface area (TPSA) is 87.1 Å². The molecular formula is C24H27NO5. The lowest BCUT2D eigenvalue weighted by Gasteiger charge is -2.25. The maximum Gasteiger partial charge on any atom is 0.295 e. The summed E-state index contributed by atoms with van der Waals surface area (Å²) < 4.78 is 5.56. The zero-order valence-corrected chi connectivity index (χ0v) is 17.3. The van der Waals surface area contributed by atoms with Crippen LogP contribution in [0.4, 0.5) is 0 Å². The number of aromatic hydroxyl groups is 1. The van der Waals surface area contributed by atoms with Crippen LogP contribution < -0.4 is 4.74 Å². The predicted molar refractivity (Wildman–Crippen MR) is 114 cm³/mol. The molecule has 2 aromatic rings. The Hall–Kier alpha value is -3.28. The fourth-order valence-corrected chi connectivity index (χ4v) is 3.56. The number of amides is 1. The number of ketones is 1. The number of aliphatic hydroxyl groups is 1. The molecule has 6 nitrogen and oxygen atoms in total. The Morgan fingerprint density at radius 3 is 2.43 bits per heavy atom. The molecule has 1 unspecified atom stereocenters. The van der Waals surface area contributed by atoms with Gasteiger partial charge in [0.25, 0.3) is 11.7 Å². The highest BCUT2D eigenvalue weighted by Crippen LogP contribution is 2.40. The molecule has 1 saturated heterocycles. The van der Waals surface area contributed by atoms with Gasteiger partial charge in [0, 0.05) is 12.1 Å². The fourth-order valence-electron chi connectivity index (χ4n) is 3.56. The van der Waals surface area contributed by atoms with Gasteiger partial charge in [0.2, 0.25) is 0 Å². The van der Waals surface area contributed by atoms with Crippen molar-refractivity contribution in [3.63, 3.8) is 0 Å². The van der Waals surface area contributed by atoms with Crippen LogP contribution in [0, 0.1) is 0 Å². The van der Waals surface area contributed by atoms with E-state index in [4.69, 9.17) is 4.74 Å². The van der Waals surface area contributed by atoms with E-state index < -0.39 is 17.7 Å². The molecule has 0 spiro atoms. The first-order valence-electron chi connectivity index (χ1n) is 10.3. The Bertz CT molecular complexity index is 948. The number of benzene rings is 2. The van der Waals surface area contributed by atoms with E-state index in [9.17, 15) is 19.8 Å². The van der Waals surface area contributed by atoms with Gasteiger partial charge in [-0.3, -0.25) is 9.59 Å². The molecule has 2 aromatic carbocycles. The number of hydrogen-bond acceptors (Lipinski definition) is 5. The van der Waals surface area contributed by atoms with E-state index in [0.29, 0.717) is 30.0 Å². The highest BCUT2D eigenvalue weighted by Gasteiger charge is 2.45. The second-order valence-corrected chi connectivity index (χ2v) is 7.31. The number of Topliss-reactive ketones (excluding diaryl/α,β-unsaturated/α-hetero) is 1. The van der Waals surface area contributed by atoms with Crippen LogP contribution in [0.3, 0.4) is 0 Å². The minimum atomic E-state index is -0.750. The number of ether oxygens (including phenoxy) is 1. The van der Waals surface area contributed by atoms with Crippen LogP contribution in [-0.2, 0) is 9.59 Å². The Labute approximate surface area is 176 Å². The second kappa shape index (κ2) is 9.48. The maximum absolute atomic E-state index is 12.9. The second-order valence-electron chi connectivity index (χ2n) is 7.31. The smallest absolute Gasteiger partial charge is 0.295 e. The summed E-state index contributed by atoms with van der Waals surface area (Å²) in [5, 5.41) is 20.9. The highest BCUT2D eigenvalue weighted by atomic mass is 16.5. The lowest BCUT2D eigenvalue weighted by Crippen LogP contribution is -2.30. The van der Waals surface area contributed by atoms with E-state index in [0.717, 1.165) is 19.3 Å². The number of carbonyl (C=O) groups is 2. The van der Waals surface area contributed by atoms with Crippen LogP contribution in [0.2, 0.25) is 0 Å². The Kier molecular flexibility index (Phi) is 6.77. The molecule has 1 heterocycles. The Balaban J connectivity index is 2.06. The monoisotopic (exact) mass is 409 g/mol. The zero-order chi connectivity index (χ0) is 21.7. The molecule has 1 amide bonds. The van der Waals surface area contributed by atoms with Crippen molar-refractivity contribution in [1.82, 2.24) is 4.90 Å². The molecule has 0 bridgehead atoms. The van der Waals surface area contributed by atoms with E-state index in [2.05, 4.69) is 0 Å². The van der Waals surface area contributed by atoms with Crippen molar-refractivity contribution in [3.05, 3.63) is 65.2 Å². The number of carbonyl (C=O) groups excluding carboxylic acids is 2. The van der Waals surface area contributed by atoms with Gasteiger partial charge in [0.1, 0.15) is 17.3 Å². The van der Waals surface area contributed by atoms with Crippen LogP contribution in [-0.4, -0.2) is 40.0 Å². The van der Waals surface area contributed by atoms with Gasteiger partial charge in [-0.1, -0.05) is 32.4 Å². The average molecular weight is 409 g/mol. The highest BCUT2D eigenvalue weighted by molar-refractivity contribution is 6.46. The first-order valence-corrected chi connectivity index (χ1v) is 10.3. The van der Waals surface area contributed by atoms with Crippen LogP contribution in [0.25, 0.3) is 5.76 Å². The number of nitrogens with zero attached hydrogens (tertiary/aromatic N) is 1. The number of phenols is 1. The van der Waals surface area contributed by atoms with Crippen molar-refractivity contribution in [3.8, 4) is 11.5 Å². The third-order valence-electron chi connectivity index (χ3n) is 5.08. The van der Waals surface area contributed by atoms with E-state index in [-0.39, 0.29) is 17.1 Å². The van der Waals surface area contributed by atoms with Crippen molar-refractivity contribution in [2.24, 2.45) is 0 Å². The number of phenolic OH excluding ortho intramolecular Hbond substituents is 1. The van der Waals surface area contributed by atoms with Gasteiger partial charge in [0.15, 0.2) is 0 Å². The van der Waals surface area contributed by atoms with Crippen LogP contribution in [0.5, 0.6) is 11.5 Å². The molecule has 6 heteroatoms. The average Bonchev–Trinajstić information content (AvgIpc) is 3.01. The van der Waals surface area contributed by atoms with E-state index >= 15 is 0 Å². The normalized spacial score (nSPS) is 18.1. The molecule has 158 valence electrons. The minimum Gasteiger partial charge on any atom is -0.508 e. The van der Waals surface area contributed by atoms with Gasteiger partial charge in [-0.15, -0.1) is 0 Å². The molecule has 1 fully saturated rings. The quantitative estimate of drug-likeness (QED) is 0.383. The summed E-state index contributed by atoms with van der Waals surface area (Å²) in [4.78, 5) is 27.1. The predicted octanol–water partition coefficient (Wildman–Crippen LogP) is 4.40. The number of likely N-dealkylation sites (tertiary alicyclic amines) is 1. The van der Waals surface area contributed by atoms with Crippen molar-refractivity contribution in [1.29, 1.82) is 0 Å². The standard InChI is InChI=1S/C24H27NO5/c1-3-5-13-25-21(17-7-6-8-18(26)15-17)20(23(28)24(25)29)22(27)16-9-11-19(12-10-16)30-14-4-2/h6-12,15,21,26-27H,3-5,13-14H2,1-2H3/b22-20-. The zero-order valence-electron chi connectivity index (χ0n) is 17.3. The van der Waals surface area contributed by atoms with Gasteiger partial charge < -0.3 is 19.8 Å². The third kappa shape index (κ3) is 4.32. The molecule has 3 rings (SSSR count). The van der Waals surface area contributed by atoms with Crippen LogP contribution >= 0.6 is 0 Å². The molecule has 0 saturated carbocycles. The molecule has 0 radical (unpaired) electrons. The first-order chi connectivity index (χ1) is 14.5. The fraction of sp³-hybridized carbons (Fsp3) is 0.333. The lowest BCUT2D eigenvalue weighted by molar-refractivity contribution is -0.139. The van der Waals surface area contributed by atoms with Crippen molar-refractivity contribution in [2.45, 2.75) is 39.2 Å². The van der Waals surface area contributed by atoms with Gasteiger partial charge in [-0.2, -0.15) is 0 Å². The molecular weight excluding hydrogens is 382 g/mol. The first kappa shape index (κ1) is 21.4. The van der Waals surface area contributed by atoms with E-state index in [1.807, 2.05) is 13.8 Å². The number of hydrogen-bond donors (Lipinski definition) is 2. The summed E-state index contributed by atoms with van der Waals surface area (Å²) in [6.07, 6.45) is 2.47. The number of aliphatic hydroxyl groups excluding tert-OH is 1.